The average Bonchev–Trinajstić information content (AvgIpc) is 2.71. The number of hydrogen-bond acceptors (Lipinski definition) is 5. The number of carbonyl (C=O) groups is 2. The molecule has 0 radical (unpaired) electrons. The van der Waals surface area contributed by atoms with Crippen molar-refractivity contribution in [2.75, 3.05) is 0 Å². The summed E-state index contributed by atoms with van der Waals surface area (Å²) >= 11 is 0. The van der Waals surface area contributed by atoms with Crippen molar-refractivity contribution in [3.8, 4) is 23.7 Å². The molecule has 2 N–H and O–H groups in total. The van der Waals surface area contributed by atoms with Crippen LogP contribution in [0.1, 0.15) is 45.6 Å². The van der Waals surface area contributed by atoms with Crippen molar-refractivity contribution < 1.29 is 19.8 Å². The summed E-state index contributed by atoms with van der Waals surface area (Å²) in [6, 6.07) is 14.6. The number of nitrogens with zero attached hydrogens (tertiary/aromatic N) is 2. The van der Waals surface area contributed by atoms with Gasteiger partial charge < -0.3 is 10.2 Å². The van der Waals surface area contributed by atoms with Gasteiger partial charge in [-0.2, -0.15) is 5.26 Å². The second kappa shape index (κ2) is 8.24. The number of aryl methyl sites for hydroxylation is 1. The molecule has 0 saturated carbocycles. The van der Waals surface area contributed by atoms with Crippen molar-refractivity contribution in [1.29, 1.82) is 5.26 Å². The maximum absolute atomic E-state index is 12.3. The Labute approximate surface area is 167 Å². The standard InChI is InChI=1S/C23H16N2O4/c1-14-4-2-3-5-16(14)8-6-15-7-9-17-18(13-24)23(29)22(25-19(17)12-15)20(26)10-11-21(27)28/h2-5,7,9,12,29H,10-11H2,1H3,(H,27,28). The van der Waals surface area contributed by atoms with Gasteiger partial charge in [0.15, 0.2) is 11.5 Å². The van der Waals surface area contributed by atoms with Crippen molar-refractivity contribution in [2.45, 2.75) is 19.8 Å². The van der Waals surface area contributed by atoms with Crippen LogP contribution in [0.2, 0.25) is 0 Å². The third-order valence-corrected chi connectivity index (χ3v) is 4.39. The number of benzene rings is 2. The van der Waals surface area contributed by atoms with E-state index in [9.17, 15) is 20.0 Å². The Morgan fingerprint density at radius 1 is 1.10 bits per heavy atom. The zero-order valence-electron chi connectivity index (χ0n) is 15.6. The summed E-state index contributed by atoms with van der Waals surface area (Å²) in [6.07, 6.45) is -0.707. The summed E-state index contributed by atoms with van der Waals surface area (Å²) in [5.74, 6) is 3.81. The fourth-order valence-corrected chi connectivity index (χ4v) is 2.83. The zero-order valence-corrected chi connectivity index (χ0v) is 15.6. The number of carboxylic acid groups (broad SMARTS) is 1. The van der Waals surface area contributed by atoms with Gasteiger partial charge in [-0.15, -0.1) is 0 Å². The third-order valence-electron chi connectivity index (χ3n) is 4.39. The minimum atomic E-state index is -1.13. The molecule has 0 bridgehead atoms. The van der Waals surface area contributed by atoms with Crippen LogP contribution in [0.15, 0.2) is 42.5 Å². The minimum absolute atomic E-state index is 0.0768. The normalized spacial score (nSPS) is 10.1. The maximum atomic E-state index is 12.3. The molecule has 0 spiro atoms. The summed E-state index contributed by atoms with van der Waals surface area (Å²) in [6.45, 7) is 1.96. The largest absolute Gasteiger partial charge is 0.504 e. The molecule has 0 saturated heterocycles. The third kappa shape index (κ3) is 4.23. The quantitative estimate of drug-likeness (QED) is 0.525. The lowest BCUT2D eigenvalue weighted by Crippen LogP contribution is -2.07. The lowest BCUT2D eigenvalue weighted by molar-refractivity contribution is -0.136. The first kappa shape index (κ1) is 19.6. The van der Waals surface area contributed by atoms with E-state index in [0.717, 1.165) is 11.1 Å². The number of nitriles is 1. The number of aliphatic carboxylic acids is 1. The van der Waals surface area contributed by atoms with Gasteiger partial charge in [0.1, 0.15) is 17.3 Å². The van der Waals surface area contributed by atoms with Gasteiger partial charge in [0.2, 0.25) is 0 Å². The molecule has 0 fully saturated rings. The molecule has 0 atom stereocenters. The van der Waals surface area contributed by atoms with E-state index in [2.05, 4.69) is 16.8 Å². The van der Waals surface area contributed by atoms with Gasteiger partial charge in [-0.3, -0.25) is 9.59 Å². The van der Waals surface area contributed by atoms with Gasteiger partial charge in [0.05, 0.1) is 11.9 Å². The molecule has 1 heterocycles. The van der Waals surface area contributed by atoms with Crippen LogP contribution in [-0.4, -0.2) is 26.9 Å². The molecular weight excluding hydrogens is 368 g/mol. The fourth-order valence-electron chi connectivity index (χ4n) is 2.83. The Morgan fingerprint density at radius 3 is 2.55 bits per heavy atom. The van der Waals surface area contributed by atoms with Crippen molar-refractivity contribution in [1.82, 2.24) is 4.98 Å². The number of pyridine rings is 1. The first-order valence-electron chi connectivity index (χ1n) is 8.80. The van der Waals surface area contributed by atoms with Crippen LogP contribution in [-0.2, 0) is 4.79 Å². The molecule has 0 unspecified atom stereocenters. The SMILES string of the molecule is Cc1ccccc1C#Cc1ccc2c(C#N)c(O)c(C(=O)CCC(=O)O)nc2c1. The molecular formula is C23H16N2O4. The van der Waals surface area contributed by atoms with Gasteiger partial charge in [0, 0.05) is 22.9 Å². The van der Waals surface area contributed by atoms with Crippen LogP contribution in [0.3, 0.4) is 0 Å². The summed E-state index contributed by atoms with van der Waals surface area (Å²) in [5.41, 5.74) is 2.50. The Kier molecular flexibility index (Phi) is 5.57. The highest BCUT2D eigenvalue weighted by Crippen LogP contribution is 2.29. The smallest absolute Gasteiger partial charge is 0.303 e. The predicted molar refractivity (Wildman–Crippen MR) is 106 cm³/mol. The van der Waals surface area contributed by atoms with E-state index in [4.69, 9.17) is 5.11 Å². The van der Waals surface area contributed by atoms with E-state index < -0.39 is 17.5 Å². The average molecular weight is 384 g/mol. The fraction of sp³-hybridized carbons (Fsp3) is 0.130. The second-order valence-corrected chi connectivity index (χ2v) is 6.41. The molecule has 3 aromatic rings. The van der Waals surface area contributed by atoms with Crippen LogP contribution in [0.5, 0.6) is 5.75 Å². The predicted octanol–water partition coefficient (Wildman–Crippen LogP) is 3.57. The summed E-state index contributed by atoms with van der Waals surface area (Å²) in [7, 11) is 0. The molecule has 0 aliphatic heterocycles. The van der Waals surface area contributed by atoms with Crippen LogP contribution in [0.4, 0.5) is 0 Å². The molecule has 1 aromatic heterocycles. The number of carboxylic acids is 1. The van der Waals surface area contributed by atoms with Gasteiger partial charge in [-0.25, -0.2) is 4.98 Å². The molecule has 0 amide bonds. The molecule has 142 valence electrons. The van der Waals surface area contributed by atoms with E-state index in [1.165, 1.54) is 0 Å². The number of aromatic nitrogens is 1. The molecule has 29 heavy (non-hydrogen) atoms. The zero-order chi connectivity index (χ0) is 21.0. The molecule has 0 aliphatic carbocycles. The van der Waals surface area contributed by atoms with Crippen LogP contribution in [0.25, 0.3) is 10.9 Å². The number of aromatic hydroxyl groups is 1. The summed E-state index contributed by atoms with van der Waals surface area (Å²) in [5, 5.41) is 28.9. The molecule has 0 aliphatic rings. The van der Waals surface area contributed by atoms with Gasteiger partial charge in [-0.05, 0) is 30.7 Å². The first-order valence-corrected chi connectivity index (χ1v) is 8.80. The van der Waals surface area contributed by atoms with Gasteiger partial charge in [-0.1, -0.05) is 36.1 Å². The van der Waals surface area contributed by atoms with E-state index in [-0.39, 0.29) is 24.1 Å². The Balaban J connectivity index is 2.07. The highest BCUT2D eigenvalue weighted by molar-refractivity contribution is 6.02. The maximum Gasteiger partial charge on any atom is 0.303 e. The van der Waals surface area contributed by atoms with Crippen molar-refractivity contribution in [3.63, 3.8) is 0 Å². The van der Waals surface area contributed by atoms with Crippen LogP contribution < -0.4 is 0 Å². The summed E-state index contributed by atoms with van der Waals surface area (Å²) < 4.78 is 0. The molecule has 6 nitrogen and oxygen atoms in total. The lowest BCUT2D eigenvalue weighted by atomic mass is 10.0. The summed E-state index contributed by atoms with van der Waals surface area (Å²) in [4.78, 5) is 27.2. The number of fused-ring (bicyclic) bond motifs is 1. The Bertz CT molecular complexity index is 1240. The van der Waals surface area contributed by atoms with Gasteiger partial charge in [0.25, 0.3) is 0 Å². The van der Waals surface area contributed by atoms with E-state index >= 15 is 0 Å². The minimum Gasteiger partial charge on any atom is -0.504 e. The first-order chi connectivity index (χ1) is 13.9. The van der Waals surface area contributed by atoms with Crippen molar-refractivity contribution >= 4 is 22.7 Å². The highest BCUT2D eigenvalue weighted by Gasteiger charge is 2.20. The topological polar surface area (TPSA) is 111 Å². The molecule has 6 heteroatoms. The van der Waals surface area contributed by atoms with Crippen LogP contribution >= 0.6 is 0 Å². The Morgan fingerprint density at radius 2 is 1.86 bits per heavy atom. The number of hydrogen-bond donors (Lipinski definition) is 2. The van der Waals surface area contributed by atoms with Gasteiger partial charge >= 0.3 is 5.97 Å². The molecule has 2 aromatic carbocycles. The van der Waals surface area contributed by atoms with Crippen molar-refractivity contribution in [2.24, 2.45) is 0 Å². The van der Waals surface area contributed by atoms with Crippen LogP contribution in [0, 0.1) is 30.1 Å². The highest BCUT2D eigenvalue weighted by atomic mass is 16.4. The lowest BCUT2D eigenvalue weighted by Gasteiger charge is -2.08. The number of rotatable bonds is 4. The number of Topliss-reactive ketones (excluding diaryl/α,β-unsaturated/α-hetero) is 1. The van der Waals surface area contributed by atoms with E-state index in [0.29, 0.717) is 16.5 Å². The number of ketones is 1. The monoisotopic (exact) mass is 384 g/mol. The molecule has 3 rings (SSSR count). The van der Waals surface area contributed by atoms with E-state index in [1.54, 1.807) is 18.2 Å². The van der Waals surface area contributed by atoms with Crippen molar-refractivity contribution in [3.05, 3.63) is 70.4 Å². The van der Waals surface area contributed by atoms with E-state index in [1.807, 2.05) is 37.3 Å². The second-order valence-electron chi connectivity index (χ2n) is 6.41. The number of carbonyl (C=O) groups excluding carboxylic acids is 1. The Hall–Kier alpha value is -4.16.